The Morgan fingerprint density at radius 2 is 1.76 bits per heavy atom. The molecular weight excluding hydrogens is 783 g/mol. The number of aryl methyl sites for hydroxylation is 1. The van der Waals surface area contributed by atoms with Crippen LogP contribution in [0.1, 0.15) is 92.6 Å². The van der Waals surface area contributed by atoms with Crippen LogP contribution in [-0.2, 0) is 9.59 Å². The Bertz CT molecular complexity index is 2480. The summed E-state index contributed by atoms with van der Waals surface area (Å²) in [5.41, 5.74) is 6.43. The lowest BCUT2D eigenvalue weighted by Gasteiger charge is -2.53. The fourth-order valence-electron chi connectivity index (χ4n) is 9.34. The highest BCUT2D eigenvalue weighted by atomic mass is 32.1. The second kappa shape index (κ2) is 15.8. The third-order valence-corrected chi connectivity index (χ3v) is 14.9. The van der Waals surface area contributed by atoms with Crippen LogP contribution >= 0.6 is 22.7 Å². The Hall–Kier alpha value is -5.18. The van der Waals surface area contributed by atoms with E-state index in [1.54, 1.807) is 34.8 Å². The van der Waals surface area contributed by atoms with E-state index >= 15 is 0 Å². The fourth-order valence-corrected chi connectivity index (χ4v) is 11.3. The number of amides is 2. The van der Waals surface area contributed by atoms with Crippen molar-refractivity contribution in [1.29, 1.82) is 0 Å². The molecule has 59 heavy (non-hydrogen) atoms. The number of nitrogens with zero attached hydrogens (tertiary/aromatic N) is 6. The number of aliphatic hydroxyl groups excluding tert-OH is 1. The van der Waals surface area contributed by atoms with Gasteiger partial charge < -0.3 is 29.9 Å². The first-order valence-electron chi connectivity index (χ1n) is 20.5. The molecule has 306 valence electrons. The van der Waals surface area contributed by atoms with Crippen LogP contribution in [0.4, 0.5) is 5.82 Å². The van der Waals surface area contributed by atoms with Crippen LogP contribution in [0.5, 0.6) is 5.75 Å². The van der Waals surface area contributed by atoms with Crippen LogP contribution in [0, 0.1) is 18.3 Å². The number of β-amino-alcohol motifs (C(OH)–C–C–N with tert-alkyl or cyclic N) is 1. The van der Waals surface area contributed by atoms with E-state index in [1.165, 1.54) is 9.78 Å². The largest absolute Gasteiger partial charge is 0.507 e. The zero-order valence-corrected chi connectivity index (χ0v) is 35.3. The van der Waals surface area contributed by atoms with E-state index in [9.17, 15) is 19.8 Å². The number of thiazole rings is 1. The molecule has 6 aromatic rings. The first-order valence-corrected chi connectivity index (χ1v) is 22.2. The molecule has 9 rings (SSSR count). The molecule has 0 bridgehead atoms. The molecule has 12 nitrogen and oxygen atoms in total. The van der Waals surface area contributed by atoms with Gasteiger partial charge in [0, 0.05) is 53.4 Å². The van der Waals surface area contributed by atoms with Gasteiger partial charge in [-0.1, -0.05) is 55.4 Å². The van der Waals surface area contributed by atoms with Crippen LogP contribution in [0.3, 0.4) is 0 Å². The number of phenolic OH excluding ortho intramolecular Hbond substituents is 1. The highest BCUT2D eigenvalue weighted by Crippen LogP contribution is 2.51. The summed E-state index contributed by atoms with van der Waals surface area (Å²) >= 11 is 3.32. The summed E-state index contributed by atoms with van der Waals surface area (Å²) in [5, 5.41) is 38.6. The number of nitrogens with one attached hydrogen (secondary N) is 1. The molecule has 4 aromatic heterocycles. The van der Waals surface area contributed by atoms with Crippen molar-refractivity contribution >= 4 is 50.5 Å². The number of aromatic hydroxyl groups is 1. The van der Waals surface area contributed by atoms with Gasteiger partial charge in [-0.3, -0.25) is 9.59 Å². The summed E-state index contributed by atoms with van der Waals surface area (Å²) in [6, 6.07) is 20.4. The molecule has 14 heteroatoms. The minimum absolute atomic E-state index is 0.0855. The van der Waals surface area contributed by atoms with Crippen molar-refractivity contribution in [3.8, 4) is 27.4 Å². The summed E-state index contributed by atoms with van der Waals surface area (Å²) in [4.78, 5) is 39.5. The lowest BCUT2D eigenvalue weighted by Crippen LogP contribution is -2.57. The quantitative estimate of drug-likeness (QED) is 0.123. The number of fused-ring (bicyclic) bond motifs is 1. The van der Waals surface area contributed by atoms with E-state index in [2.05, 4.69) is 36.6 Å². The number of carbonyl (C=O) groups excluding carboxylic acids is 2. The molecule has 2 saturated heterocycles. The molecule has 1 saturated carbocycles. The SMILES string of the molecule is Cc1ncsc1-c1ccc([C@H](C)NC(=O)[C@@H]2C[C@@H](O)CN2C(=O)[C@@H](c2cc(N3CC4(CCC(c5cc6cc(-c7ccccc7O)nnc6s5)CC4)C3)no2)C(C)C)cc1. The monoisotopic (exact) mass is 831 g/mol. The molecule has 1 spiro atoms. The van der Waals surface area contributed by atoms with Gasteiger partial charge in [0.15, 0.2) is 11.6 Å². The molecule has 0 radical (unpaired) electrons. The van der Waals surface area contributed by atoms with Gasteiger partial charge in [-0.2, -0.15) is 0 Å². The van der Waals surface area contributed by atoms with Crippen molar-refractivity contribution in [3.05, 3.63) is 94.1 Å². The van der Waals surface area contributed by atoms with Crippen molar-refractivity contribution in [2.24, 2.45) is 11.3 Å². The minimum atomic E-state index is -0.798. The predicted molar refractivity (Wildman–Crippen MR) is 229 cm³/mol. The van der Waals surface area contributed by atoms with E-state index in [4.69, 9.17) is 4.52 Å². The normalized spacial score (nSPS) is 20.3. The Kier molecular flexibility index (Phi) is 10.5. The van der Waals surface area contributed by atoms with Gasteiger partial charge in [-0.25, -0.2) is 4.98 Å². The molecule has 0 unspecified atom stereocenters. The molecule has 4 atom stereocenters. The molecule has 6 heterocycles. The number of benzene rings is 2. The number of aliphatic hydroxyl groups is 1. The second-order valence-corrected chi connectivity index (χ2v) is 19.0. The number of hydrogen-bond acceptors (Lipinski definition) is 12. The van der Waals surface area contributed by atoms with Gasteiger partial charge in [0.25, 0.3) is 0 Å². The zero-order chi connectivity index (χ0) is 41.0. The van der Waals surface area contributed by atoms with Crippen molar-refractivity contribution in [2.75, 3.05) is 24.5 Å². The average molecular weight is 832 g/mol. The molecule has 3 aliphatic rings. The third-order valence-electron chi connectivity index (χ3n) is 12.7. The van der Waals surface area contributed by atoms with Crippen LogP contribution in [0.25, 0.3) is 31.9 Å². The van der Waals surface area contributed by atoms with Gasteiger partial charge >= 0.3 is 0 Å². The number of para-hydroxylation sites is 1. The van der Waals surface area contributed by atoms with Crippen LogP contribution in [0.2, 0.25) is 0 Å². The lowest BCUT2D eigenvalue weighted by atomic mass is 9.65. The van der Waals surface area contributed by atoms with Crippen molar-refractivity contribution in [3.63, 3.8) is 0 Å². The number of thiophene rings is 1. The molecule has 3 N–H and O–H groups in total. The van der Waals surface area contributed by atoms with E-state index in [0.717, 1.165) is 76.5 Å². The maximum absolute atomic E-state index is 14.3. The van der Waals surface area contributed by atoms with E-state index in [-0.39, 0.29) is 47.9 Å². The minimum Gasteiger partial charge on any atom is -0.507 e. The fraction of sp³-hybridized carbons (Fsp3) is 0.422. The molecule has 2 aromatic carbocycles. The summed E-state index contributed by atoms with van der Waals surface area (Å²) in [7, 11) is 0. The van der Waals surface area contributed by atoms with Crippen molar-refractivity contribution in [1.82, 2.24) is 30.6 Å². The summed E-state index contributed by atoms with van der Waals surface area (Å²) in [6.07, 6.45) is 3.81. The highest BCUT2D eigenvalue weighted by Gasteiger charge is 2.48. The number of phenols is 1. The summed E-state index contributed by atoms with van der Waals surface area (Å²) < 4.78 is 5.91. The van der Waals surface area contributed by atoms with E-state index in [1.807, 2.05) is 81.7 Å². The Labute approximate surface area is 351 Å². The van der Waals surface area contributed by atoms with Gasteiger partial charge in [0.1, 0.15) is 22.5 Å². The maximum Gasteiger partial charge on any atom is 0.243 e. The first-order chi connectivity index (χ1) is 28.4. The lowest BCUT2D eigenvalue weighted by molar-refractivity contribution is -0.141. The molecule has 2 amide bonds. The van der Waals surface area contributed by atoms with Gasteiger partial charge in [0.2, 0.25) is 11.8 Å². The topological polar surface area (TPSA) is 158 Å². The molecule has 2 aliphatic heterocycles. The Morgan fingerprint density at radius 3 is 2.47 bits per heavy atom. The smallest absolute Gasteiger partial charge is 0.243 e. The van der Waals surface area contributed by atoms with Gasteiger partial charge in [0.05, 0.1) is 33.9 Å². The van der Waals surface area contributed by atoms with Crippen molar-refractivity contribution in [2.45, 2.75) is 89.8 Å². The first kappa shape index (κ1) is 39.3. The summed E-state index contributed by atoms with van der Waals surface area (Å²) in [5.74, 6) is 0.583. The van der Waals surface area contributed by atoms with E-state index in [0.29, 0.717) is 22.9 Å². The highest BCUT2D eigenvalue weighted by molar-refractivity contribution is 7.18. The van der Waals surface area contributed by atoms with Crippen LogP contribution in [0.15, 0.2) is 76.8 Å². The van der Waals surface area contributed by atoms with Gasteiger partial charge in [-0.15, -0.1) is 32.9 Å². The maximum atomic E-state index is 14.3. The Balaban J connectivity index is 0.813. The molecule has 3 fully saturated rings. The number of rotatable bonds is 10. The number of hydrogen-bond donors (Lipinski definition) is 3. The zero-order valence-electron chi connectivity index (χ0n) is 33.7. The number of aromatic nitrogens is 4. The van der Waals surface area contributed by atoms with Gasteiger partial charge in [-0.05, 0) is 86.8 Å². The summed E-state index contributed by atoms with van der Waals surface area (Å²) in [6.45, 7) is 9.73. The van der Waals surface area contributed by atoms with Crippen LogP contribution in [-0.4, -0.2) is 79.0 Å². The number of anilines is 1. The average Bonchev–Trinajstić information content (AvgIpc) is 4.04. The van der Waals surface area contributed by atoms with E-state index < -0.39 is 18.1 Å². The predicted octanol–water partition coefficient (Wildman–Crippen LogP) is 8.23. The Morgan fingerprint density at radius 1 is 1.00 bits per heavy atom. The second-order valence-electron chi connectivity index (χ2n) is 17.1. The third kappa shape index (κ3) is 7.62. The molecular formula is C45H49N7O5S2. The number of likely N-dealkylation sites (tertiary alicyclic amines) is 1. The van der Waals surface area contributed by atoms with Crippen LogP contribution < -0.4 is 10.2 Å². The van der Waals surface area contributed by atoms with Crippen molar-refractivity contribution < 1.29 is 24.3 Å². The standard InChI is InChI=1S/C45H49N7O5S2/c1-25(2)40(44(56)52-21-32(53)19-35(52)42(55)47-26(3)28-9-11-30(12-10-28)41-27(4)46-24-58-41)37-20-39(50-57-37)51-22-45(23-51)15-13-29(14-16-45)38-18-31-17-34(48-49-43(31)59-38)33-7-5-6-8-36(33)54/h5-12,17-18,20,24-26,29,32,35,40,53-54H,13-16,19,21-23H2,1-4H3,(H,47,55)/t26-,32+,35-,40+/m0/s1. The number of carbonyl (C=O) groups is 2. The molecule has 1 aliphatic carbocycles.